The number of rotatable bonds is 1. The van der Waals surface area contributed by atoms with Gasteiger partial charge < -0.3 is 5.73 Å². The predicted octanol–water partition coefficient (Wildman–Crippen LogP) is 2.72. The van der Waals surface area contributed by atoms with Crippen LogP contribution >= 0.6 is 0 Å². The van der Waals surface area contributed by atoms with Crippen molar-refractivity contribution in [3.63, 3.8) is 0 Å². The van der Waals surface area contributed by atoms with E-state index in [4.69, 9.17) is 5.73 Å². The summed E-state index contributed by atoms with van der Waals surface area (Å²) in [5.41, 5.74) is 7.39. The normalized spacial score (nSPS) is 14.3. The van der Waals surface area contributed by atoms with E-state index in [1.807, 2.05) is 0 Å². The maximum absolute atomic E-state index is 7.06. The van der Waals surface area contributed by atoms with Crippen molar-refractivity contribution in [2.45, 2.75) is 27.7 Å². The Labute approximate surface area is 94.3 Å². The van der Waals surface area contributed by atoms with Crippen molar-refractivity contribution in [2.24, 2.45) is 11.3 Å². The van der Waals surface area contributed by atoms with Crippen molar-refractivity contribution < 1.29 is 44.1 Å². The fourth-order valence-electron chi connectivity index (χ4n) is 0.306. The number of hydrogen-bond donors (Lipinski definition) is 0. The van der Waals surface area contributed by atoms with Gasteiger partial charge in [-0.05, 0) is 5.41 Å². The van der Waals surface area contributed by atoms with Gasteiger partial charge in [0.15, 0.2) is 0 Å². The van der Waals surface area contributed by atoms with Crippen LogP contribution < -0.4 is 0 Å². The van der Waals surface area contributed by atoms with Crippen LogP contribution in [0.2, 0.25) is 0 Å². The third-order valence-electron chi connectivity index (χ3n) is 1.78. The van der Waals surface area contributed by atoms with Crippen LogP contribution in [-0.2, 0) is 0 Å². The van der Waals surface area contributed by atoms with Gasteiger partial charge in [-0.15, -0.1) is 6.54 Å². The van der Waals surface area contributed by atoms with Crippen LogP contribution in [0.3, 0.4) is 0 Å². The van der Waals surface area contributed by atoms with Crippen LogP contribution in [0.1, 0.15) is 27.7 Å². The molecular formula is C7H16AcN-. The minimum absolute atomic E-state index is 0. The molecule has 0 amide bonds. The van der Waals surface area contributed by atoms with Crippen molar-refractivity contribution in [1.29, 1.82) is 0 Å². The summed E-state index contributed by atoms with van der Waals surface area (Å²) in [5, 5.41) is 0. The molecule has 0 aliphatic carbocycles. The Kier molecular flexibility index (Phi) is 7.39. The molecule has 0 aromatic heterocycles. The molecule has 1 radical (unpaired) electrons. The zero-order valence-corrected chi connectivity index (χ0v) is 11.6. The van der Waals surface area contributed by atoms with E-state index in [1.54, 1.807) is 0 Å². The first-order chi connectivity index (χ1) is 3.48. The molecule has 0 aromatic carbocycles. The summed E-state index contributed by atoms with van der Waals surface area (Å²) < 4.78 is 0. The topological polar surface area (TPSA) is 23.8 Å². The van der Waals surface area contributed by atoms with Gasteiger partial charge in [-0.3, -0.25) is 0 Å². The summed E-state index contributed by atoms with van der Waals surface area (Å²) in [7, 11) is 0. The first-order valence-electron chi connectivity index (χ1n) is 3.13. The molecule has 0 fully saturated rings. The van der Waals surface area contributed by atoms with Crippen molar-refractivity contribution in [2.75, 3.05) is 6.54 Å². The first kappa shape index (κ1) is 13.0. The quantitative estimate of drug-likeness (QED) is 0.700. The smallest absolute Gasteiger partial charge is 0 e. The Hall–Kier alpha value is 1.40. The van der Waals surface area contributed by atoms with E-state index < -0.39 is 0 Å². The zero-order chi connectivity index (χ0) is 6.78. The van der Waals surface area contributed by atoms with Crippen molar-refractivity contribution >= 4 is 0 Å². The SMILES string of the molecule is C[C@H](C[NH-])C(C)(C)C.[Ac]. The van der Waals surface area contributed by atoms with Crippen LogP contribution in [-0.4, -0.2) is 6.54 Å². The molecular weight excluding hydrogens is 325 g/mol. The Morgan fingerprint density at radius 1 is 1.33 bits per heavy atom. The third-order valence-corrected chi connectivity index (χ3v) is 1.78. The maximum atomic E-state index is 7.06. The minimum atomic E-state index is 0. The molecule has 1 nitrogen and oxygen atoms in total. The van der Waals surface area contributed by atoms with Crippen molar-refractivity contribution in [3.05, 3.63) is 5.73 Å². The molecule has 0 saturated heterocycles. The second kappa shape index (κ2) is 5.10. The summed E-state index contributed by atoms with van der Waals surface area (Å²) in [4.78, 5) is 0. The molecule has 0 rings (SSSR count). The molecule has 1 atom stereocenters. The molecule has 53 valence electrons. The Balaban J connectivity index is 0. The summed E-state index contributed by atoms with van der Waals surface area (Å²) in [6, 6.07) is 0. The van der Waals surface area contributed by atoms with Crippen LogP contribution in [0.5, 0.6) is 0 Å². The molecule has 0 saturated carbocycles. The number of hydrogen-bond acceptors (Lipinski definition) is 0. The van der Waals surface area contributed by atoms with E-state index in [2.05, 4.69) is 27.7 Å². The van der Waals surface area contributed by atoms with E-state index in [0.717, 1.165) is 0 Å². The summed E-state index contributed by atoms with van der Waals surface area (Å²) in [6.07, 6.45) is 0. The van der Waals surface area contributed by atoms with E-state index in [-0.39, 0.29) is 44.1 Å². The van der Waals surface area contributed by atoms with Gasteiger partial charge in [0, 0.05) is 44.1 Å². The molecule has 0 aliphatic rings. The average molecular weight is 341 g/mol. The molecule has 0 spiro atoms. The van der Waals surface area contributed by atoms with Crippen LogP contribution in [0.25, 0.3) is 5.73 Å². The fraction of sp³-hybridized carbons (Fsp3) is 1.00. The second-order valence-electron chi connectivity index (χ2n) is 3.47. The summed E-state index contributed by atoms with van der Waals surface area (Å²) in [6.45, 7) is 9.18. The monoisotopic (exact) mass is 341 g/mol. The summed E-state index contributed by atoms with van der Waals surface area (Å²) >= 11 is 0. The van der Waals surface area contributed by atoms with Gasteiger partial charge in [0.1, 0.15) is 0 Å². The van der Waals surface area contributed by atoms with E-state index >= 15 is 0 Å². The van der Waals surface area contributed by atoms with Gasteiger partial charge in [-0.2, -0.15) is 0 Å². The Bertz CT molecular complexity index is 65.8. The van der Waals surface area contributed by atoms with Gasteiger partial charge in [0.2, 0.25) is 0 Å². The third kappa shape index (κ3) is 5.83. The van der Waals surface area contributed by atoms with Crippen molar-refractivity contribution in [3.8, 4) is 0 Å². The molecule has 2 heteroatoms. The van der Waals surface area contributed by atoms with E-state index in [0.29, 0.717) is 17.9 Å². The maximum Gasteiger partial charge on any atom is 0 e. The van der Waals surface area contributed by atoms with Gasteiger partial charge in [-0.25, -0.2) is 0 Å². The van der Waals surface area contributed by atoms with Gasteiger partial charge >= 0.3 is 0 Å². The molecule has 0 bridgehead atoms. The van der Waals surface area contributed by atoms with Crippen LogP contribution in [0, 0.1) is 55.4 Å². The van der Waals surface area contributed by atoms with E-state index in [9.17, 15) is 0 Å². The minimum Gasteiger partial charge on any atom is -0.677 e. The Morgan fingerprint density at radius 2 is 1.67 bits per heavy atom. The van der Waals surface area contributed by atoms with Crippen LogP contribution in [0.15, 0.2) is 0 Å². The van der Waals surface area contributed by atoms with Crippen LogP contribution in [0.4, 0.5) is 0 Å². The standard InChI is InChI=1S/C7H16N.Ac/c1-6(5-8)7(2,3)4;/h6,8H,5H2,1-4H3;/q-1;/t6-;/m1./s1. The first-order valence-corrected chi connectivity index (χ1v) is 3.13. The molecule has 0 heterocycles. The molecule has 9 heavy (non-hydrogen) atoms. The molecule has 0 unspecified atom stereocenters. The molecule has 0 aromatic rings. The average Bonchev–Trinajstić information content (AvgIpc) is 1.62. The Morgan fingerprint density at radius 3 is 1.67 bits per heavy atom. The second-order valence-corrected chi connectivity index (χ2v) is 3.47. The fourth-order valence-corrected chi connectivity index (χ4v) is 0.306. The number of nitrogens with one attached hydrogen (secondary N) is 1. The zero-order valence-electron chi connectivity index (χ0n) is 6.86. The van der Waals surface area contributed by atoms with Crippen molar-refractivity contribution in [1.82, 2.24) is 0 Å². The van der Waals surface area contributed by atoms with Gasteiger partial charge in [-0.1, -0.05) is 33.6 Å². The largest absolute Gasteiger partial charge is 0.677 e. The molecule has 1 N–H and O–H groups in total. The van der Waals surface area contributed by atoms with Gasteiger partial charge in [0.05, 0.1) is 0 Å². The summed E-state index contributed by atoms with van der Waals surface area (Å²) in [5.74, 6) is 0.516. The molecule has 0 aliphatic heterocycles. The predicted molar refractivity (Wildman–Crippen MR) is 37.8 cm³/mol. The van der Waals surface area contributed by atoms with E-state index in [1.165, 1.54) is 0 Å². The van der Waals surface area contributed by atoms with Gasteiger partial charge in [0.25, 0.3) is 0 Å².